The van der Waals surface area contributed by atoms with E-state index in [1.165, 1.54) is 10.9 Å². The van der Waals surface area contributed by atoms with Crippen molar-refractivity contribution < 1.29 is 14.6 Å². The smallest absolute Gasteiger partial charge is 0.342 e. The van der Waals surface area contributed by atoms with Crippen molar-refractivity contribution in [1.82, 2.24) is 9.78 Å². The van der Waals surface area contributed by atoms with E-state index in [0.29, 0.717) is 19.4 Å². The summed E-state index contributed by atoms with van der Waals surface area (Å²) in [4.78, 5) is 11.2. The first-order chi connectivity index (χ1) is 10.2. The Morgan fingerprint density at radius 3 is 2.76 bits per heavy atom. The minimum absolute atomic E-state index is 0.0270. The third-order valence-corrected chi connectivity index (χ3v) is 2.88. The molecule has 0 unspecified atom stereocenters. The summed E-state index contributed by atoms with van der Waals surface area (Å²) in [6.07, 6.45) is 3.15. The predicted octanol–water partition coefficient (Wildman–Crippen LogP) is 2.64. The van der Waals surface area contributed by atoms with Crippen LogP contribution in [-0.4, -0.2) is 27.5 Å². The Hall–Kier alpha value is -2.81. The standard InChI is InChI=1S/C15H15N3O3/c16-9-5-2-6-10-21-14-13(15(19)20)11-17-18(14)12-7-3-1-4-8-12/h1,3-4,7-8,11H,2,5-6,10H2,(H,19,20). The molecule has 1 N–H and O–H groups in total. The molecule has 0 aliphatic carbocycles. The highest BCUT2D eigenvalue weighted by atomic mass is 16.5. The second-order valence-electron chi connectivity index (χ2n) is 4.38. The van der Waals surface area contributed by atoms with E-state index in [1.54, 1.807) is 0 Å². The van der Waals surface area contributed by atoms with Gasteiger partial charge in [0.15, 0.2) is 0 Å². The van der Waals surface area contributed by atoms with Gasteiger partial charge in [-0.3, -0.25) is 0 Å². The largest absolute Gasteiger partial charge is 0.477 e. The number of ether oxygens (including phenoxy) is 1. The van der Waals surface area contributed by atoms with Gasteiger partial charge in [-0.05, 0) is 25.0 Å². The Balaban J connectivity index is 2.18. The zero-order valence-corrected chi connectivity index (χ0v) is 11.4. The number of carbonyl (C=O) groups is 1. The van der Waals surface area contributed by atoms with Crippen LogP contribution in [0, 0.1) is 11.3 Å². The first-order valence-electron chi connectivity index (χ1n) is 6.60. The molecule has 1 aromatic heterocycles. The summed E-state index contributed by atoms with van der Waals surface area (Å²) in [5, 5.41) is 21.7. The van der Waals surface area contributed by atoms with Crippen molar-refractivity contribution in [2.75, 3.05) is 6.61 Å². The van der Waals surface area contributed by atoms with E-state index in [0.717, 1.165) is 12.1 Å². The Labute approximate surface area is 122 Å². The van der Waals surface area contributed by atoms with Gasteiger partial charge >= 0.3 is 5.97 Å². The van der Waals surface area contributed by atoms with Gasteiger partial charge in [-0.1, -0.05) is 18.2 Å². The number of para-hydroxylation sites is 1. The van der Waals surface area contributed by atoms with Gasteiger partial charge in [0.05, 0.1) is 24.6 Å². The molecule has 0 spiro atoms. The lowest BCUT2D eigenvalue weighted by Crippen LogP contribution is -2.07. The van der Waals surface area contributed by atoms with Crippen LogP contribution in [0.25, 0.3) is 5.69 Å². The average molecular weight is 285 g/mol. The molecule has 1 aromatic carbocycles. The summed E-state index contributed by atoms with van der Waals surface area (Å²) in [7, 11) is 0. The normalized spacial score (nSPS) is 10.0. The number of nitriles is 1. The summed E-state index contributed by atoms with van der Waals surface area (Å²) >= 11 is 0. The number of rotatable bonds is 7. The van der Waals surface area contributed by atoms with Crippen LogP contribution >= 0.6 is 0 Å². The molecule has 0 bridgehead atoms. The number of unbranched alkanes of at least 4 members (excludes halogenated alkanes) is 2. The fraction of sp³-hybridized carbons (Fsp3) is 0.267. The molecule has 0 saturated carbocycles. The molecule has 1 heterocycles. The number of aromatic nitrogens is 2. The third kappa shape index (κ3) is 3.60. The van der Waals surface area contributed by atoms with Gasteiger partial charge in [0, 0.05) is 6.42 Å². The van der Waals surface area contributed by atoms with Crippen molar-refractivity contribution in [2.45, 2.75) is 19.3 Å². The summed E-state index contributed by atoms with van der Waals surface area (Å²) in [6.45, 7) is 0.348. The Morgan fingerprint density at radius 1 is 1.33 bits per heavy atom. The highest BCUT2D eigenvalue weighted by Crippen LogP contribution is 2.23. The highest BCUT2D eigenvalue weighted by Gasteiger charge is 2.19. The molecule has 6 nitrogen and oxygen atoms in total. The number of carboxylic acid groups (broad SMARTS) is 1. The first-order valence-corrected chi connectivity index (χ1v) is 6.60. The number of carboxylic acids is 1. The van der Waals surface area contributed by atoms with Crippen LogP contribution in [0.5, 0.6) is 5.88 Å². The maximum absolute atomic E-state index is 11.2. The number of benzene rings is 1. The second-order valence-corrected chi connectivity index (χ2v) is 4.38. The van der Waals surface area contributed by atoms with E-state index in [9.17, 15) is 9.90 Å². The molecule has 2 rings (SSSR count). The quantitative estimate of drug-likeness (QED) is 0.790. The van der Waals surface area contributed by atoms with Crippen LogP contribution in [0.4, 0.5) is 0 Å². The molecule has 0 radical (unpaired) electrons. The van der Waals surface area contributed by atoms with Gasteiger partial charge < -0.3 is 9.84 Å². The van der Waals surface area contributed by atoms with Crippen molar-refractivity contribution >= 4 is 5.97 Å². The van der Waals surface area contributed by atoms with Crippen LogP contribution in [0.1, 0.15) is 29.6 Å². The molecule has 108 valence electrons. The second kappa shape index (κ2) is 7.10. The Morgan fingerprint density at radius 2 is 2.10 bits per heavy atom. The number of nitrogens with zero attached hydrogens (tertiary/aromatic N) is 3. The fourth-order valence-electron chi connectivity index (χ4n) is 1.85. The van der Waals surface area contributed by atoms with Crippen LogP contribution in [-0.2, 0) is 0 Å². The van der Waals surface area contributed by atoms with Crippen molar-refractivity contribution in [3.63, 3.8) is 0 Å². The van der Waals surface area contributed by atoms with Crippen molar-refractivity contribution in [1.29, 1.82) is 5.26 Å². The molecular formula is C15H15N3O3. The zero-order chi connectivity index (χ0) is 15.1. The van der Waals surface area contributed by atoms with Crippen molar-refractivity contribution in [3.8, 4) is 17.6 Å². The minimum Gasteiger partial charge on any atom is -0.477 e. The van der Waals surface area contributed by atoms with Crippen LogP contribution in [0.3, 0.4) is 0 Å². The lowest BCUT2D eigenvalue weighted by Gasteiger charge is -2.10. The molecule has 6 heteroatoms. The average Bonchev–Trinajstić information content (AvgIpc) is 2.92. The topological polar surface area (TPSA) is 88.1 Å². The maximum atomic E-state index is 11.2. The van der Waals surface area contributed by atoms with Gasteiger partial charge in [-0.25, -0.2) is 9.48 Å². The van der Waals surface area contributed by atoms with E-state index in [1.807, 2.05) is 30.3 Å². The van der Waals surface area contributed by atoms with Crippen LogP contribution in [0.2, 0.25) is 0 Å². The summed E-state index contributed by atoms with van der Waals surface area (Å²) in [6, 6.07) is 11.3. The lowest BCUT2D eigenvalue weighted by molar-refractivity contribution is 0.0692. The SMILES string of the molecule is N#CCCCCOc1c(C(=O)O)cnn1-c1ccccc1. The number of aromatic carboxylic acids is 1. The van der Waals surface area contributed by atoms with Gasteiger partial charge in [-0.2, -0.15) is 10.4 Å². The van der Waals surface area contributed by atoms with E-state index in [4.69, 9.17) is 10.00 Å². The van der Waals surface area contributed by atoms with Gasteiger partial charge in [0.25, 0.3) is 0 Å². The number of hydrogen-bond donors (Lipinski definition) is 1. The van der Waals surface area contributed by atoms with Gasteiger partial charge in [0.2, 0.25) is 5.88 Å². The van der Waals surface area contributed by atoms with Crippen LogP contribution in [0.15, 0.2) is 36.5 Å². The van der Waals surface area contributed by atoms with Crippen LogP contribution < -0.4 is 4.74 Å². The third-order valence-electron chi connectivity index (χ3n) is 2.88. The first kappa shape index (κ1) is 14.6. The molecule has 2 aromatic rings. The summed E-state index contributed by atoms with van der Waals surface area (Å²) in [5.74, 6) is -0.866. The molecule has 21 heavy (non-hydrogen) atoms. The van der Waals surface area contributed by atoms with Gasteiger partial charge in [-0.15, -0.1) is 0 Å². The Kier molecular flexibility index (Phi) is 4.94. The summed E-state index contributed by atoms with van der Waals surface area (Å²) < 4.78 is 7.05. The van der Waals surface area contributed by atoms with E-state index in [2.05, 4.69) is 11.2 Å². The van der Waals surface area contributed by atoms with E-state index in [-0.39, 0.29) is 11.4 Å². The Bertz CT molecular complexity index is 644. The summed E-state index contributed by atoms with van der Waals surface area (Å²) in [5.41, 5.74) is 0.760. The molecule has 0 amide bonds. The number of hydrogen-bond acceptors (Lipinski definition) is 4. The molecule has 0 aliphatic heterocycles. The molecule has 0 aliphatic rings. The minimum atomic E-state index is -1.08. The highest BCUT2D eigenvalue weighted by molar-refractivity contribution is 5.90. The predicted molar refractivity (Wildman–Crippen MR) is 75.5 cm³/mol. The fourth-order valence-corrected chi connectivity index (χ4v) is 1.85. The lowest BCUT2D eigenvalue weighted by atomic mass is 10.2. The zero-order valence-electron chi connectivity index (χ0n) is 11.4. The monoisotopic (exact) mass is 285 g/mol. The van der Waals surface area contributed by atoms with Gasteiger partial charge in [0.1, 0.15) is 5.56 Å². The van der Waals surface area contributed by atoms with Crippen molar-refractivity contribution in [2.24, 2.45) is 0 Å². The van der Waals surface area contributed by atoms with E-state index >= 15 is 0 Å². The molecule has 0 fully saturated rings. The van der Waals surface area contributed by atoms with Crippen molar-refractivity contribution in [3.05, 3.63) is 42.1 Å². The molecular weight excluding hydrogens is 270 g/mol. The molecule has 0 atom stereocenters. The molecule has 0 saturated heterocycles. The maximum Gasteiger partial charge on any atom is 0.342 e. The van der Waals surface area contributed by atoms with E-state index < -0.39 is 5.97 Å².